The first-order valence-electron chi connectivity index (χ1n) is 8.26. The summed E-state index contributed by atoms with van der Waals surface area (Å²) in [5.74, 6) is 1.58. The van der Waals surface area contributed by atoms with E-state index in [0.29, 0.717) is 0 Å². The molecule has 0 radical (unpaired) electrons. The number of allylic oxidation sites excluding steroid dienone is 8. The predicted octanol–water partition coefficient (Wildman–Crippen LogP) is 7.05. The standard InChI is InChI=1S/2C10H15.2CH3.2ClH.H2Si.Zr/c2*1-8(2)6-10-5-4-9(3)7-10;;;;;;/h2*7-8H,5-6H2,1-3H3;2*1H3;2*1H;1H2;/q4*-1;;;;. The molecule has 0 N–H and O–H groups in total. The zero-order valence-electron chi connectivity index (χ0n) is 18.2. The van der Waals surface area contributed by atoms with Gasteiger partial charge in [-0.25, -0.2) is 23.3 Å². The van der Waals surface area contributed by atoms with Crippen molar-refractivity contribution in [3.8, 4) is 0 Å². The van der Waals surface area contributed by atoms with Crippen LogP contribution in [0.2, 0.25) is 0 Å². The second-order valence-corrected chi connectivity index (χ2v) is 6.87. The van der Waals surface area contributed by atoms with Crippen molar-refractivity contribution in [2.24, 2.45) is 11.8 Å². The van der Waals surface area contributed by atoms with E-state index in [-0.39, 0.29) is 39.7 Å². The van der Waals surface area contributed by atoms with Gasteiger partial charge in [0.05, 0.1) is 0 Å². The Hall–Kier alpha value is 0.640. The van der Waals surface area contributed by atoms with Crippen molar-refractivity contribution in [3.05, 3.63) is 61.4 Å². The molecule has 0 spiro atoms. The van der Waals surface area contributed by atoms with E-state index >= 15 is 0 Å². The molecule has 2 aliphatic carbocycles. The Labute approximate surface area is 194 Å². The summed E-state index contributed by atoms with van der Waals surface area (Å²) in [7, 11) is 0. The van der Waals surface area contributed by atoms with Gasteiger partial charge in [0.2, 0.25) is 0 Å². The van der Waals surface area contributed by atoms with E-state index in [0.717, 1.165) is 24.7 Å². The van der Waals surface area contributed by atoms with Gasteiger partial charge >= 0.3 is 30.2 Å². The predicted molar refractivity (Wildman–Crippen MR) is 125 cm³/mol. The maximum absolute atomic E-state index is 3.30. The molecule has 0 aliphatic heterocycles. The van der Waals surface area contributed by atoms with Crippen LogP contribution >= 0.6 is 24.8 Å². The van der Waals surface area contributed by atoms with Crippen LogP contribution in [0.15, 0.2) is 34.4 Å². The van der Waals surface area contributed by atoms with Gasteiger partial charge in [-0.1, -0.05) is 41.5 Å². The van der Waals surface area contributed by atoms with Crippen LogP contribution in [0.4, 0.5) is 0 Å². The van der Waals surface area contributed by atoms with Crippen LogP contribution in [0, 0.1) is 38.8 Å². The van der Waals surface area contributed by atoms with Crippen molar-refractivity contribution in [3.63, 3.8) is 0 Å². The van der Waals surface area contributed by atoms with Crippen molar-refractivity contribution in [2.75, 3.05) is 0 Å². The molecule has 2 aliphatic rings. The van der Waals surface area contributed by atoms with E-state index < -0.39 is 0 Å². The van der Waals surface area contributed by atoms with Crippen LogP contribution in [0.1, 0.15) is 67.2 Å². The van der Waals surface area contributed by atoms with E-state index in [1.807, 2.05) is 6.88 Å². The summed E-state index contributed by atoms with van der Waals surface area (Å²) in [5, 5.41) is 0. The second kappa shape index (κ2) is 21.9. The Balaban J connectivity index is -0.0000000904. The van der Waals surface area contributed by atoms with Crippen molar-refractivity contribution in [1.82, 2.24) is 0 Å². The van der Waals surface area contributed by atoms with Gasteiger partial charge in [0, 0.05) is 0 Å². The average Bonchev–Trinajstić information content (AvgIpc) is 3.00. The molecule has 0 heterocycles. The van der Waals surface area contributed by atoms with Gasteiger partial charge in [-0.05, 0) is 24.7 Å². The Morgan fingerprint density at radius 2 is 1.08 bits per heavy atom. The molecule has 0 bridgehead atoms. The zero-order chi connectivity index (χ0) is 17.1. The molecule has 4 heteroatoms. The fraction of sp³-hybridized carbons (Fsp3) is 0.545. The molecule has 0 aromatic rings. The summed E-state index contributed by atoms with van der Waals surface area (Å²) in [4.78, 5) is 0. The Morgan fingerprint density at radius 3 is 1.23 bits per heavy atom. The first-order chi connectivity index (χ1) is 10.4. The summed E-state index contributed by atoms with van der Waals surface area (Å²) < 4.78 is 0. The third kappa shape index (κ3) is 19.4. The Bertz CT molecular complexity index is 419. The van der Waals surface area contributed by atoms with Gasteiger partial charge in [0.1, 0.15) is 0 Å². The van der Waals surface area contributed by atoms with Gasteiger partial charge in [-0.15, -0.1) is 37.7 Å². The van der Waals surface area contributed by atoms with Crippen LogP contribution < -0.4 is 0 Å². The molecule has 0 nitrogen and oxygen atoms in total. The zero-order valence-corrected chi connectivity index (χ0v) is 23.7. The Kier molecular flexibility index (Phi) is 31.6. The van der Waals surface area contributed by atoms with E-state index in [2.05, 4.69) is 65.8 Å². The fourth-order valence-corrected chi connectivity index (χ4v) is 2.63. The minimum atomic E-state index is 0. The monoisotopic (exact) mass is 492 g/mol. The first-order valence-corrected chi connectivity index (χ1v) is 14.2. The Morgan fingerprint density at radius 1 is 0.808 bits per heavy atom. The van der Waals surface area contributed by atoms with Gasteiger partial charge in [0.25, 0.3) is 0 Å². The number of rotatable bonds is 4. The minimum absolute atomic E-state index is 0. The van der Waals surface area contributed by atoms with Crippen LogP contribution in [0.3, 0.4) is 0 Å². The molecule has 0 saturated heterocycles. The fourth-order valence-electron chi connectivity index (χ4n) is 2.63. The molecule has 0 aromatic heterocycles. The number of halogens is 2. The molecular weight excluding hydrogens is 454 g/mol. The van der Waals surface area contributed by atoms with Gasteiger partial charge < -0.3 is 14.9 Å². The SMILES string of the molecule is CC1=[C-]CC(CC(C)C)=C1.CC1=[C-]CC(CC(C)C)=C1.Cl.Cl.[CH3-].[CH3-].[SiH2]=[Zr]. The average molecular weight is 495 g/mol. The molecule has 0 amide bonds. The molecule has 0 aromatic carbocycles. The van der Waals surface area contributed by atoms with E-state index in [9.17, 15) is 0 Å². The summed E-state index contributed by atoms with van der Waals surface area (Å²) in [5.41, 5.74) is 5.73. The van der Waals surface area contributed by atoms with Crippen molar-refractivity contribution in [1.29, 1.82) is 0 Å². The van der Waals surface area contributed by atoms with E-state index in [4.69, 9.17) is 0 Å². The first kappa shape index (κ1) is 37.4. The van der Waals surface area contributed by atoms with E-state index in [1.54, 1.807) is 34.5 Å². The number of hydrogen-bond donors (Lipinski definition) is 0. The molecular formula is C22H40Cl2SiZr-4. The number of hydrogen-bond acceptors (Lipinski definition) is 0. The molecule has 26 heavy (non-hydrogen) atoms. The van der Waals surface area contributed by atoms with Gasteiger partial charge in [-0.2, -0.15) is 11.1 Å². The van der Waals surface area contributed by atoms with Gasteiger partial charge in [0.15, 0.2) is 0 Å². The normalized spacial score (nSPS) is 13.7. The summed E-state index contributed by atoms with van der Waals surface area (Å²) in [6, 6.07) is 0. The third-order valence-corrected chi connectivity index (χ3v) is 3.37. The molecule has 154 valence electrons. The van der Waals surface area contributed by atoms with Crippen molar-refractivity contribution >= 4 is 31.7 Å². The van der Waals surface area contributed by atoms with Crippen LogP contribution in [-0.4, -0.2) is 6.88 Å². The summed E-state index contributed by atoms with van der Waals surface area (Å²) in [6.45, 7) is 15.2. The second-order valence-electron chi connectivity index (χ2n) is 6.87. The molecule has 0 saturated carbocycles. The van der Waals surface area contributed by atoms with E-state index in [1.165, 1.54) is 24.0 Å². The summed E-state index contributed by atoms with van der Waals surface area (Å²) in [6.07, 6.45) is 15.8. The van der Waals surface area contributed by atoms with Crippen molar-refractivity contribution in [2.45, 2.75) is 67.2 Å². The summed E-state index contributed by atoms with van der Waals surface area (Å²) >= 11 is 1.58. The van der Waals surface area contributed by atoms with Gasteiger partial charge in [-0.3, -0.25) is 12.2 Å². The van der Waals surface area contributed by atoms with Crippen molar-refractivity contribution < 1.29 is 23.3 Å². The van der Waals surface area contributed by atoms with Crippen LogP contribution in [-0.2, 0) is 23.3 Å². The molecule has 0 unspecified atom stereocenters. The molecule has 0 fully saturated rings. The maximum atomic E-state index is 3.30. The van der Waals surface area contributed by atoms with Crippen LogP contribution in [0.5, 0.6) is 0 Å². The quantitative estimate of drug-likeness (QED) is 0.290. The topological polar surface area (TPSA) is 0 Å². The van der Waals surface area contributed by atoms with Crippen LogP contribution in [0.25, 0.3) is 0 Å². The third-order valence-electron chi connectivity index (χ3n) is 3.37. The molecule has 0 atom stereocenters. The molecule has 2 rings (SSSR count).